The van der Waals surface area contributed by atoms with Crippen molar-refractivity contribution in [1.29, 1.82) is 0 Å². The summed E-state index contributed by atoms with van der Waals surface area (Å²) in [6.45, 7) is 3.83. The summed E-state index contributed by atoms with van der Waals surface area (Å²) < 4.78 is 33.0. The molecule has 0 amide bonds. The molecule has 5 nitrogen and oxygen atoms in total. The van der Waals surface area contributed by atoms with Crippen LogP contribution in [-0.2, 0) is 4.79 Å². The number of aliphatic hydroxyl groups is 2. The number of hydrogen-bond donors (Lipinski definition) is 3. The van der Waals surface area contributed by atoms with E-state index in [9.17, 15) is 23.8 Å². The van der Waals surface area contributed by atoms with Gasteiger partial charge in [0, 0.05) is 21.8 Å². The molecule has 1 unspecified atom stereocenters. The summed E-state index contributed by atoms with van der Waals surface area (Å²) in [7, 11) is 0. The van der Waals surface area contributed by atoms with Gasteiger partial charge in [-0.15, -0.1) is 0 Å². The van der Waals surface area contributed by atoms with Crippen molar-refractivity contribution in [2.45, 2.75) is 54.6 Å². The van der Waals surface area contributed by atoms with Crippen molar-refractivity contribution in [1.82, 2.24) is 0 Å². The largest absolute Gasteiger partial charge is 0.490 e. The van der Waals surface area contributed by atoms with Crippen LogP contribution in [-0.4, -0.2) is 40.1 Å². The first-order valence-corrected chi connectivity index (χ1v) is 12.0. The molecule has 0 aliphatic rings. The lowest BCUT2D eigenvalue weighted by Gasteiger charge is -2.22. The first-order chi connectivity index (χ1) is 16.6. The van der Waals surface area contributed by atoms with Gasteiger partial charge in [0.25, 0.3) is 0 Å². The number of carboxylic acids is 1. The molecule has 0 fully saturated rings. The Kier molecular flexibility index (Phi) is 9.26. The number of ether oxygens (including phenoxy) is 1. The molecule has 0 aliphatic heterocycles. The maximum absolute atomic E-state index is 13.6. The van der Waals surface area contributed by atoms with Gasteiger partial charge in [-0.2, -0.15) is 0 Å². The molecule has 3 aromatic rings. The van der Waals surface area contributed by atoms with Crippen molar-refractivity contribution in [2.75, 3.05) is 6.61 Å². The zero-order valence-corrected chi connectivity index (χ0v) is 20.3. The molecule has 0 saturated carbocycles. The standard InChI is InChI=1S/C27H28F2O5S/c1-16(2)24-13-23(35-22-9-7-19(29)8-10-22)14-25(17-3-5-18(28)6-4-17)27(24)34-15-21(31)11-20(30)12-26(32)33/h3-10,13-14,16,20-21,30-31H,11-12,15H2,1-2H3,(H,32,33)/t20-,21?/m1/s1. The molecule has 3 N–H and O–H groups in total. The second-order valence-corrected chi connectivity index (χ2v) is 9.71. The highest BCUT2D eigenvalue weighted by Crippen LogP contribution is 2.42. The Morgan fingerprint density at radius 2 is 1.51 bits per heavy atom. The van der Waals surface area contributed by atoms with E-state index in [0.29, 0.717) is 16.9 Å². The normalized spacial score (nSPS) is 13.0. The lowest BCUT2D eigenvalue weighted by Crippen LogP contribution is -2.25. The van der Waals surface area contributed by atoms with Crippen LogP contribution in [0.25, 0.3) is 11.1 Å². The Morgan fingerprint density at radius 3 is 2.09 bits per heavy atom. The Bertz CT molecular complexity index is 1130. The average molecular weight is 503 g/mol. The van der Waals surface area contributed by atoms with Gasteiger partial charge >= 0.3 is 5.97 Å². The zero-order valence-electron chi connectivity index (χ0n) is 19.4. The minimum Gasteiger partial charge on any atom is -0.490 e. The minimum atomic E-state index is -1.19. The molecule has 0 spiro atoms. The van der Waals surface area contributed by atoms with Crippen LogP contribution in [0.3, 0.4) is 0 Å². The van der Waals surface area contributed by atoms with Crippen molar-refractivity contribution in [3.8, 4) is 16.9 Å². The molecule has 35 heavy (non-hydrogen) atoms. The molecule has 0 aliphatic carbocycles. The van der Waals surface area contributed by atoms with E-state index in [1.807, 2.05) is 26.0 Å². The summed E-state index contributed by atoms with van der Waals surface area (Å²) in [5.41, 5.74) is 2.26. The third kappa shape index (κ3) is 7.78. The van der Waals surface area contributed by atoms with E-state index in [2.05, 4.69) is 0 Å². The van der Waals surface area contributed by atoms with Crippen molar-refractivity contribution in [2.24, 2.45) is 0 Å². The molecule has 0 bridgehead atoms. The first-order valence-electron chi connectivity index (χ1n) is 11.2. The predicted molar refractivity (Wildman–Crippen MR) is 131 cm³/mol. The minimum absolute atomic E-state index is 0.0349. The fraction of sp³-hybridized carbons (Fsp3) is 0.296. The Hall–Kier alpha value is -2.94. The molecule has 0 saturated heterocycles. The van der Waals surface area contributed by atoms with Gasteiger partial charge in [-0.25, -0.2) is 8.78 Å². The van der Waals surface area contributed by atoms with Crippen molar-refractivity contribution in [3.63, 3.8) is 0 Å². The molecule has 3 aromatic carbocycles. The van der Waals surface area contributed by atoms with Gasteiger partial charge in [-0.1, -0.05) is 37.7 Å². The molecule has 8 heteroatoms. The van der Waals surface area contributed by atoms with Gasteiger partial charge in [0.05, 0.1) is 18.6 Å². The second kappa shape index (κ2) is 12.2. The van der Waals surface area contributed by atoms with Crippen LogP contribution in [0.2, 0.25) is 0 Å². The summed E-state index contributed by atoms with van der Waals surface area (Å²) in [5, 5.41) is 29.0. The highest BCUT2D eigenvalue weighted by atomic mass is 32.2. The van der Waals surface area contributed by atoms with Gasteiger partial charge in [-0.3, -0.25) is 4.79 Å². The smallest absolute Gasteiger partial charge is 0.305 e. The predicted octanol–water partition coefficient (Wildman–Crippen LogP) is 5.87. The van der Waals surface area contributed by atoms with E-state index in [4.69, 9.17) is 9.84 Å². The summed E-state index contributed by atoms with van der Waals surface area (Å²) in [5.74, 6) is -1.30. The van der Waals surface area contributed by atoms with Gasteiger partial charge in [0.1, 0.15) is 24.0 Å². The van der Waals surface area contributed by atoms with Crippen molar-refractivity contribution in [3.05, 3.63) is 77.9 Å². The monoisotopic (exact) mass is 502 g/mol. The maximum Gasteiger partial charge on any atom is 0.305 e. The van der Waals surface area contributed by atoms with Crippen LogP contribution < -0.4 is 4.74 Å². The number of carboxylic acid groups (broad SMARTS) is 1. The van der Waals surface area contributed by atoms with Crippen LogP contribution in [0.1, 0.15) is 38.2 Å². The average Bonchev–Trinajstić information content (AvgIpc) is 2.79. The molecule has 0 aromatic heterocycles. The van der Waals surface area contributed by atoms with Crippen LogP contribution in [0.5, 0.6) is 5.75 Å². The van der Waals surface area contributed by atoms with Crippen LogP contribution in [0.4, 0.5) is 8.78 Å². The summed E-state index contributed by atoms with van der Waals surface area (Å²) in [6.07, 6.45) is -2.89. The number of hydrogen-bond acceptors (Lipinski definition) is 5. The van der Waals surface area contributed by atoms with Crippen LogP contribution in [0, 0.1) is 11.6 Å². The van der Waals surface area contributed by atoms with Crippen molar-refractivity contribution >= 4 is 17.7 Å². The fourth-order valence-electron chi connectivity index (χ4n) is 3.60. The third-order valence-electron chi connectivity index (χ3n) is 5.29. The summed E-state index contributed by atoms with van der Waals surface area (Å²) in [6, 6.07) is 16.0. The van der Waals surface area contributed by atoms with E-state index >= 15 is 0 Å². The van der Waals surface area contributed by atoms with Crippen molar-refractivity contribution < 1.29 is 33.6 Å². The summed E-state index contributed by atoms with van der Waals surface area (Å²) in [4.78, 5) is 12.5. The molecule has 0 heterocycles. The number of rotatable bonds is 11. The fourth-order valence-corrected chi connectivity index (χ4v) is 4.51. The molecular formula is C27H28F2O5S. The maximum atomic E-state index is 13.6. The van der Waals surface area contributed by atoms with Gasteiger partial charge in [0.2, 0.25) is 0 Å². The van der Waals surface area contributed by atoms with E-state index in [1.165, 1.54) is 36.0 Å². The van der Waals surface area contributed by atoms with E-state index in [-0.39, 0.29) is 30.6 Å². The quantitative estimate of drug-likeness (QED) is 0.304. The Morgan fingerprint density at radius 1 is 0.914 bits per heavy atom. The Labute approximate surface area is 207 Å². The summed E-state index contributed by atoms with van der Waals surface area (Å²) >= 11 is 1.45. The SMILES string of the molecule is CC(C)c1cc(Sc2ccc(F)cc2)cc(-c2ccc(F)cc2)c1OCC(O)C[C@@H](O)CC(=O)O. The van der Waals surface area contributed by atoms with E-state index < -0.39 is 24.6 Å². The second-order valence-electron chi connectivity index (χ2n) is 8.56. The van der Waals surface area contributed by atoms with Crippen LogP contribution >= 0.6 is 11.8 Å². The Balaban J connectivity index is 1.95. The first kappa shape index (κ1) is 26.7. The lowest BCUT2D eigenvalue weighted by molar-refractivity contribution is -0.139. The number of aliphatic carboxylic acids is 1. The van der Waals surface area contributed by atoms with Crippen LogP contribution in [0.15, 0.2) is 70.5 Å². The molecule has 0 radical (unpaired) electrons. The number of halogens is 2. The lowest BCUT2D eigenvalue weighted by atomic mass is 9.95. The van der Waals surface area contributed by atoms with Gasteiger partial charge < -0.3 is 20.1 Å². The molecule has 2 atom stereocenters. The zero-order chi connectivity index (χ0) is 25.5. The van der Waals surface area contributed by atoms with E-state index in [0.717, 1.165) is 15.4 Å². The molecule has 3 rings (SSSR count). The van der Waals surface area contributed by atoms with Gasteiger partial charge in [0.15, 0.2) is 0 Å². The molecular weight excluding hydrogens is 474 g/mol. The molecule has 186 valence electrons. The number of aliphatic hydroxyl groups excluding tert-OH is 2. The highest BCUT2D eigenvalue weighted by Gasteiger charge is 2.20. The van der Waals surface area contributed by atoms with E-state index in [1.54, 1.807) is 24.3 Å². The van der Waals surface area contributed by atoms with Gasteiger partial charge in [-0.05, 0) is 65.6 Å². The number of benzene rings is 3. The topological polar surface area (TPSA) is 87.0 Å². The number of carbonyl (C=O) groups is 1. The highest BCUT2D eigenvalue weighted by molar-refractivity contribution is 7.99. The third-order valence-corrected chi connectivity index (χ3v) is 6.27.